The summed E-state index contributed by atoms with van der Waals surface area (Å²) >= 11 is 0. The number of anilines is 1. The molecule has 0 fully saturated rings. The molecule has 1 aromatic heterocycles. The summed E-state index contributed by atoms with van der Waals surface area (Å²) in [6.07, 6.45) is -3.14. The fourth-order valence-electron chi connectivity index (χ4n) is 0.973. The van der Waals surface area contributed by atoms with Gasteiger partial charge in [0.05, 0.1) is 7.11 Å². The van der Waals surface area contributed by atoms with Crippen LogP contribution in [0.25, 0.3) is 0 Å². The van der Waals surface area contributed by atoms with Gasteiger partial charge in [-0.05, 0) is 6.07 Å². The van der Waals surface area contributed by atoms with Gasteiger partial charge >= 0.3 is 5.97 Å². The van der Waals surface area contributed by atoms with E-state index in [4.69, 9.17) is 5.73 Å². The van der Waals surface area contributed by atoms with Crippen LogP contribution in [0, 0.1) is 5.82 Å². The number of carbonyl (C=O) groups excluding carboxylic acids is 1. The Morgan fingerprint density at radius 3 is 2.67 bits per heavy atom. The van der Waals surface area contributed by atoms with E-state index >= 15 is 0 Å². The van der Waals surface area contributed by atoms with Crippen molar-refractivity contribution in [3.05, 3.63) is 23.1 Å². The third-order valence-corrected chi connectivity index (χ3v) is 1.62. The van der Waals surface area contributed by atoms with E-state index in [1.807, 2.05) is 0 Å². The highest BCUT2D eigenvalue weighted by Gasteiger charge is 2.23. The van der Waals surface area contributed by atoms with E-state index in [2.05, 4.69) is 9.72 Å². The van der Waals surface area contributed by atoms with E-state index in [1.165, 1.54) is 0 Å². The maximum absolute atomic E-state index is 13.2. The predicted octanol–water partition coefficient (Wildman–Crippen LogP) is 1.53. The normalized spacial score (nSPS) is 10.5. The number of hydrogen-bond donors (Lipinski definition) is 1. The van der Waals surface area contributed by atoms with Crippen molar-refractivity contribution in [3.8, 4) is 0 Å². The molecule has 0 aliphatic rings. The molecule has 0 saturated carbocycles. The molecule has 0 atom stereocenters. The first-order valence-electron chi connectivity index (χ1n) is 3.79. The number of pyridine rings is 1. The Kier molecular flexibility index (Phi) is 3.13. The molecule has 0 aliphatic heterocycles. The molecule has 0 unspecified atom stereocenters. The molecule has 0 bridgehead atoms. The Hall–Kier alpha value is -1.79. The van der Waals surface area contributed by atoms with Crippen molar-refractivity contribution >= 4 is 11.8 Å². The lowest BCUT2D eigenvalue weighted by molar-refractivity contribution is 0.0593. The molecule has 7 heteroatoms. The summed E-state index contributed by atoms with van der Waals surface area (Å²) in [4.78, 5) is 14.1. The van der Waals surface area contributed by atoms with Crippen molar-refractivity contribution in [1.82, 2.24) is 4.98 Å². The highest BCUT2D eigenvalue weighted by Crippen LogP contribution is 2.24. The van der Waals surface area contributed by atoms with Crippen LogP contribution in [-0.2, 0) is 4.74 Å². The Labute approximate surface area is 82.9 Å². The Balaban J connectivity index is 3.34. The molecule has 1 rings (SSSR count). The molecule has 0 saturated heterocycles. The van der Waals surface area contributed by atoms with Crippen LogP contribution in [-0.4, -0.2) is 18.1 Å². The third-order valence-electron chi connectivity index (χ3n) is 1.62. The second-order valence-corrected chi connectivity index (χ2v) is 2.59. The largest absolute Gasteiger partial charge is 0.465 e. The smallest absolute Gasteiger partial charge is 0.341 e. The van der Waals surface area contributed by atoms with Crippen molar-refractivity contribution in [3.63, 3.8) is 0 Å². The lowest BCUT2D eigenvalue weighted by atomic mass is 10.2. The van der Waals surface area contributed by atoms with Gasteiger partial charge in [0.2, 0.25) is 0 Å². The van der Waals surface area contributed by atoms with E-state index in [0.717, 1.165) is 13.2 Å². The molecule has 1 aromatic rings. The molecule has 0 amide bonds. The van der Waals surface area contributed by atoms with Crippen LogP contribution in [0.1, 0.15) is 22.5 Å². The van der Waals surface area contributed by atoms with E-state index in [0.29, 0.717) is 0 Å². The van der Waals surface area contributed by atoms with Gasteiger partial charge in [-0.15, -0.1) is 0 Å². The maximum Gasteiger partial charge on any atom is 0.341 e. The standard InChI is InChI=1S/C8H7F3N2O2/c1-15-8(14)3-2-4(12)13-6(5(3)9)7(10)11/h2,7H,1H3,(H2,12,13). The van der Waals surface area contributed by atoms with Crippen molar-refractivity contribution in [2.75, 3.05) is 12.8 Å². The zero-order valence-corrected chi connectivity index (χ0v) is 7.63. The minimum Gasteiger partial charge on any atom is -0.465 e. The van der Waals surface area contributed by atoms with Gasteiger partial charge in [0.1, 0.15) is 17.1 Å². The predicted molar refractivity (Wildman–Crippen MR) is 44.9 cm³/mol. The van der Waals surface area contributed by atoms with Crippen molar-refractivity contribution in [1.29, 1.82) is 0 Å². The summed E-state index contributed by atoms with van der Waals surface area (Å²) < 4.78 is 41.9. The van der Waals surface area contributed by atoms with Crippen LogP contribution < -0.4 is 5.73 Å². The van der Waals surface area contributed by atoms with Gasteiger partial charge in [-0.25, -0.2) is 22.9 Å². The van der Waals surface area contributed by atoms with Crippen LogP contribution in [0.4, 0.5) is 19.0 Å². The fourth-order valence-corrected chi connectivity index (χ4v) is 0.973. The van der Waals surface area contributed by atoms with Gasteiger partial charge in [-0.3, -0.25) is 0 Å². The van der Waals surface area contributed by atoms with Crippen LogP contribution >= 0.6 is 0 Å². The lowest BCUT2D eigenvalue weighted by Gasteiger charge is -2.06. The zero-order valence-electron chi connectivity index (χ0n) is 7.63. The SMILES string of the molecule is COC(=O)c1cc(N)nc(C(F)F)c1F. The molecule has 0 aliphatic carbocycles. The number of halogens is 3. The molecule has 4 nitrogen and oxygen atoms in total. The molecule has 0 spiro atoms. The van der Waals surface area contributed by atoms with E-state index in [1.54, 1.807) is 0 Å². The molecular weight excluding hydrogens is 213 g/mol. The van der Waals surface area contributed by atoms with E-state index in [9.17, 15) is 18.0 Å². The van der Waals surface area contributed by atoms with Crippen LogP contribution in [0.5, 0.6) is 0 Å². The quantitative estimate of drug-likeness (QED) is 0.767. The summed E-state index contributed by atoms with van der Waals surface area (Å²) in [5, 5.41) is 0. The molecule has 15 heavy (non-hydrogen) atoms. The van der Waals surface area contributed by atoms with Crippen molar-refractivity contribution in [2.24, 2.45) is 0 Å². The second kappa shape index (κ2) is 4.16. The highest BCUT2D eigenvalue weighted by atomic mass is 19.3. The van der Waals surface area contributed by atoms with Gasteiger partial charge in [0, 0.05) is 0 Å². The van der Waals surface area contributed by atoms with E-state index < -0.39 is 29.5 Å². The van der Waals surface area contributed by atoms with Gasteiger partial charge in [0.15, 0.2) is 5.82 Å². The summed E-state index contributed by atoms with van der Waals surface area (Å²) in [5.74, 6) is -2.86. The van der Waals surface area contributed by atoms with Gasteiger partial charge in [0.25, 0.3) is 6.43 Å². The average molecular weight is 220 g/mol. The van der Waals surface area contributed by atoms with Gasteiger partial charge < -0.3 is 10.5 Å². The monoisotopic (exact) mass is 220 g/mol. The van der Waals surface area contributed by atoms with Crippen LogP contribution in [0.3, 0.4) is 0 Å². The number of hydrogen-bond acceptors (Lipinski definition) is 4. The zero-order chi connectivity index (χ0) is 11.6. The minimum absolute atomic E-state index is 0.368. The number of rotatable bonds is 2. The Morgan fingerprint density at radius 1 is 1.60 bits per heavy atom. The highest BCUT2D eigenvalue weighted by molar-refractivity contribution is 5.90. The minimum atomic E-state index is -3.14. The molecule has 1 heterocycles. The summed E-state index contributed by atoms with van der Waals surface area (Å²) in [6, 6.07) is 0.840. The third kappa shape index (κ3) is 2.17. The van der Waals surface area contributed by atoms with Crippen LogP contribution in [0.2, 0.25) is 0 Å². The molecule has 0 radical (unpaired) electrons. The average Bonchev–Trinajstić information content (AvgIpc) is 2.19. The number of methoxy groups -OCH3 is 1. The summed E-state index contributed by atoms with van der Waals surface area (Å²) in [7, 11) is 1.00. The number of carbonyl (C=O) groups is 1. The first-order valence-corrected chi connectivity index (χ1v) is 3.79. The van der Waals surface area contributed by atoms with E-state index in [-0.39, 0.29) is 5.82 Å². The molecule has 2 N–H and O–H groups in total. The lowest BCUT2D eigenvalue weighted by Crippen LogP contribution is -2.10. The first-order chi connectivity index (χ1) is 6.97. The number of esters is 1. The number of nitrogen functional groups attached to an aromatic ring is 1. The number of aromatic nitrogens is 1. The number of nitrogens with two attached hydrogens (primary N) is 1. The van der Waals surface area contributed by atoms with Gasteiger partial charge in [-0.2, -0.15) is 0 Å². The molecule has 82 valence electrons. The fraction of sp³-hybridized carbons (Fsp3) is 0.250. The maximum atomic E-state index is 13.2. The number of alkyl halides is 2. The van der Waals surface area contributed by atoms with Crippen LogP contribution in [0.15, 0.2) is 6.07 Å². The van der Waals surface area contributed by atoms with Crippen molar-refractivity contribution < 1.29 is 22.7 Å². The first kappa shape index (κ1) is 11.3. The second-order valence-electron chi connectivity index (χ2n) is 2.59. The Morgan fingerprint density at radius 2 is 2.20 bits per heavy atom. The van der Waals surface area contributed by atoms with Gasteiger partial charge in [-0.1, -0.05) is 0 Å². The topological polar surface area (TPSA) is 65.2 Å². The van der Waals surface area contributed by atoms with Crippen molar-refractivity contribution in [2.45, 2.75) is 6.43 Å². The number of nitrogens with zero attached hydrogens (tertiary/aromatic N) is 1. The summed E-state index contributed by atoms with van der Waals surface area (Å²) in [6.45, 7) is 0. The Bertz CT molecular complexity index is 396. The molecular formula is C8H7F3N2O2. The molecule has 0 aromatic carbocycles. The summed E-state index contributed by atoms with van der Waals surface area (Å²) in [5.41, 5.74) is 3.33. The number of ether oxygens (including phenoxy) is 1.